The highest BCUT2D eigenvalue weighted by atomic mass is 79.9. The van der Waals surface area contributed by atoms with Crippen LogP contribution < -0.4 is 16.6 Å². The van der Waals surface area contributed by atoms with Gasteiger partial charge in [-0.25, -0.2) is 5.84 Å². The molecule has 0 radical (unpaired) electrons. The van der Waals surface area contributed by atoms with Gasteiger partial charge in [0.05, 0.1) is 5.69 Å². The molecule has 106 valence electrons. The molecule has 7 heteroatoms. The molecule has 0 atom stereocenters. The Labute approximate surface area is 130 Å². The SMILES string of the molecule is CCOCCCN=C(NN)Nc1cc(Br)ccc1Br. The summed E-state index contributed by atoms with van der Waals surface area (Å²) in [7, 11) is 0. The molecule has 0 bridgehead atoms. The minimum Gasteiger partial charge on any atom is -0.382 e. The lowest BCUT2D eigenvalue weighted by atomic mass is 10.3. The summed E-state index contributed by atoms with van der Waals surface area (Å²) in [6, 6.07) is 5.83. The summed E-state index contributed by atoms with van der Waals surface area (Å²) in [5.41, 5.74) is 3.44. The van der Waals surface area contributed by atoms with Crippen LogP contribution in [0.2, 0.25) is 0 Å². The molecule has 0 aromatic heterocycles. The zero-order valence-electron chi connectivity index (χ0n) is 10.7. The van der Waals surface area contributed by atoms with Gasteiger partial charge in [0.1, 0.15) is 0 Å². The summed E-state index contributed by atoms with van der Waals surface area (Å²) in [5.74, 6) is 5.97. The zero-order valence-corrected chi connectivity index (χ0v) is 13.9. The average molecular weight is 394 g/mol. The highest BCUT2D eigenvalue weighted by Crippen LogP contribution is 2.25. The lowest BCUT2D eigenvalue weighted by Gasteiger charge is -2.11. The monoisotopic (exact) mass is 392 g/mol. The first kappa shape index (κ1) is 16.4. The smallest absolute Gasteiger partial charge is 0.210 e. The number of aliphatic imine (C=N–C) groups is 1. The second-order valence-corrected chi connectivity index (χ2v) is 5.44. The van der Waals surface area contributed by atoms with Crippen LogP contribution in [0.3, 0.4) is 0 Å². The van der Waals surface area contributed by atoms with Gasteiger partial charge in [0.25, 0.3) is 0 Å². The summed E-state index contributed by atoms with van der Waals surface area (Å²) >= 11 is 6.88. The molecule has 1 rings (SSSR count). The van der Waals surface area contributed by atoms with Crippen LogP contribution in [0, 0.1) is 0 Å². The van der Waals surface area contributed by atoms with E-state index in [1.54, 1.807) is 0 Å². The molecule has 19 heavy (non-hydrogen) atoms. The van der Waals surface area contributed by atoms with Crippen molar-refractivity contribution < 1.29 is 4.74 Å². The number of hydrogen-bond donors (Lipinski definition) is 3. The number of nitrogens with two attached hydrogens (primary N) is 1. The third-order valence-corrected chi connectivity index (χ3v) is 3.42. The van der Waals surface area contributed by atoms with E-state index in [4.69, 9.17) is 10.6 Å². The number of hydrazine groups is 1. The molecule has 5 nitrogen and oxygen atoms in total. The Morgan fingerprint density at radius 3 is 2.89 bits per heavy atom. The Morgan fingerprint density at radius 2 is 2.21 bits per heavy atom. The summed E-state index contributed by atoms with van der Waals surface area (Å²) < 4.78 is 7.16. The van der Waals surface area contributed by atoms with Gasteiger partial charge in [0.2, 0.25) is 5.96 Å². The number of guanidine groups is 1. The van der Waals surface area contributed by atoms with Crippen molar-refractivity contribution in [3.63, 3.8) is 0 Å². The molecular formula is C12H18Br2N4O. The topological polar surface area (TPSA) is 71.7 Å². The third kappa shape index (κ3) is 6.38. The molecule has 0 amide bonds. The van der Waals surface area contributed by atoms with Crippen LogP contribution in [0.5, 0.6) is 0 Å². The predicted octanol–water partition coefficient (Wildman–Crippen LogP) is 2.87. The van der Waals surface area contributed by atoms with E-state index in [-0.39, 0.29) is 0 Å². The largest absolute Gasteiger partial charge is 0.382 e. The Kier molecular flexibility index (Phi) is 8.04. The molecule has 0 saturated heterocycles. The van der Waals surface area contributed by atoms with Crippen LogP contribution in [0.15, 0.2) is 32.1 Å². The number of nitrogens with one attached hydrogen (secondary N) is 2. The van der Waals surface area contributed by atoms with Crippen LogP contribution in [-0.2, 0) is 4.74 Å². The lowest BCUT2D eigenvalue weighted by Crippen LogP contribution is -2.36. The Morgan fingerprint density at radius 1 is 1.42 bits per heavy atom. The molecule has 4 N–H and O–H groups in total. The number of halogens is 2. The fourth-order valence-corrected chi connectivity index (χ4v) is 2.05. The second-order valence-electron chi connectivity index (χ2n) is 3.67. The van der Waals surface area contributed by atoms with Crippen LogP contribution in [0.25, 0.3) is 0 Å². The van der Waals surface area contributed by atoms with Crippen molar-refractivity contribution in [1.82, 2.24) is 5.43 Å². The number of anilines is 1. The van der Waals surface area contributed by atoms with Crippen molar-refractivity contribution in [1.29, 1.82) is 0 Å². The van der Waals surface area contributed by atoms with E-state index >= 15 is 0 Å². The highest BCUT2D eigenvalue weighted by Gasteiger charge is 2.03. The Balaban J connectivity index is 2.55. The number of rotatable bonds is 6. The van der Waals surface area contributed by atoms with Crippen LogP contribution >= 0.6 is 31.9 Å². The molecule has 0 heterocycles. The Bertz CT molecular complexity index is 426. The van der Waals surface area contributed by atoms with E-state index < -0.39 is 0 Å². The van der Waals surface area contributed by atoms with Crippen molar-refractivity contribution in [2.24, 2.45) is 10.8 Å². The molecule has 0 spiro atoms. The first-order chi connectivity index (χ1) is 9.17. The zero-order chi connectivity index (χ0) is 14.1. The second kappa shape index (κ2) is 9.30. The van der Waals surface area contributed by atoms with Crippen LogP contribution in [-0.4, -0.2) is 25.7 Å². The lowest BCUT2D eigenvalue weighted by molar-refractivity contribution is 0.146. The summed E-state index contributed by atoms with van der Waals surface area (Å²) in [6.07, 6.45) is 0.861. The van der Waals surface area contributed by atoms with Gasteiger partial charge < -0.3 is 10.1 Å². The quantitative estimate of drug-likeness (QED) is 0.228. The first-order valence-electron chi connectivity index (χ1n) is 5.98. The normalized spacial score (nSPS) is 11.5. The van der Waals surface area contributed by atoms with Gasteiger partial charge in [-0.3, -0.25) is 10.4 Å². The molecule has 0 aliphatic heterocycles. The van der Waals surface area contributed by atoms with Crippen LogP contribution in [0.1, 0.15) is 13.3 Å². The molecule has 0 saturated carbocycles. The number of benzene rings is 1. The molecule has 0 fully saturated rings. The van der Waals surface area contributed by atoms with Gasteiger partial charge >= 0.3 is 0 Å². The maximum absolute atomic E-state index is 5.45. The summed E-state index contributed by atoms with van der Waals surface area (Å²) in [4.78, 5) is 4.33. The first-order valence-corrected chi connectivity index (χ1v) is 7.56. The Hall–Kier alpha value is -0.630. The van der Waals surface area contributed by atoms with Gasteiger partial charge in [-0.05, 0) is 47.5 Å². The van der Waals surface area contributed by atoms with Crippen molar-refractivity contribution in [2.75, 3.05) is 25.1 Å². The third-order valence-electron chi connectivity index (χ3n) is 2.24. The van der Waals surface area contributed by atoms with Crippen molar-refractivity contribution >= 4 is 43.5 Å². The van der Waals surface area contributed by atoms with E-state index in [0.29, 0.717) is 19.1 Å². The van der Waals surface area contributed by atoms with Crippen molar-refractivity contribution in [3.8, 4) is 0 Å². The summed E-state index contributed by atoms with van der Waals surface area (Å²) in [5, 5.41) is 3.12. The van der Waals surface area contributed by atoms with Gasteiger partial charge in [-0.2, -0.15) is 0 Å². The van der Waals surface area contributed by atoms with Gasteiger partial charge in [0.15, 0.2) is 0 Å². The van der Waals surface area contributed by atoms with Crippen molar-refractivity contribution in [3.05, 3.63) is 27.1 Å². The molecule has 1 aromatic carbocycles. The molecular weight excluding hydrogens is 376 g/mol. The fourth-order valence-electron chi connectivity index (χ4n) is 1.34. The van der Waals surface area contributed by atoms with E-state index in [1.807, 2.05) is 25.1 Å². The minimum absolute atomic E-state index is 0.523. The maximum Gasteiger partial charge on any atom is 0.210 e. The van der Waals surface area contributed by atoms with Gasteiger partial charge in [0, 0.05) is 28.7 Å². The predicted molar refractivity (Wildman–Crippen MR) is 86.2 cm³/mol. The molecule has 0 aliphatic rings. The highest BCUT2D eigenvalue weighted by molar-refractivity contribution is 9.11. The molecule has 0 aliphatic carbocycles. The summed E-state index contributed by atoms with van der Waals surface area (Å²) in [6.45, 7) is 4.06. The van der Waals surface area contributed by atoms with Crippen LogP contribution in [0.4, 0.5) is 5.69 Å². The average Bonchev–Trinajstić information content (AvgIpc) is 2.41. The standard InChI is InChI=1S/C12H18Br2N4O/c1-2-19-7-3-6-16-12(18-15)17-11-8-9(13)4-5-10(11)14/h4-5,8H,2-3,6-7,15H2,1H3,(H2,16,17,18). The maximum atomic E-state index is 5.45. The number of ether oxygens (including phenoxy) is 1. The molecule has 0 unspecified atom stereocenters. The fraction of sp³-hybridized carbons (Fsp3) is 0.417. The number of hydrogen-bond acceptors (Lipinski definition) is 3. The molecule has 1 aromatic rings. The van der Waals surface area contributed by atoms with Crippen molar-refractivity contribution in [2.45, 2.75) is 13.3 Å². The minimum atomic E-state index is 0.523. The number of nitrogens with zero attached hydrogens (tertiary/aromatic N) is 1. The van der Waals surface area contributed by atoms with E-state index in [2.05, 4.69) is 47.6 Å². The van der Waals surface area contributed by atoms with E-state index in [9.17, 15) is 0 Å². The van der Waals surface area contributed by atoms with Gasteiger partial charge in [-0.15, -0.1) is 0 Å². The van der Waals surface area contributed by atoms with E-state index in [1.165, 1.54) is 0 Å². The van der Waals surface area contributed by atoms with Gasteiger partial charge in [-0.1, -0.05) is 15.9 Å². The van der Waals surface area contributed by atoms with E-state index in [0.717, 1.165) is 27.7 Å².